The largest absolute Gasteiger partial charge is 0.461 e. The van der Waals surface area contributed by atoms with Crippen molar-refractivity contribution in [2.24, 2.45) is 5.92 Å². The average Bonchev–Trinajstić information content (AvgIpc) is 3.51. The van der Waals surface area contributed by atoms with Gasteiger partial charge < -0.3 is 20.3 Å². The number of hydrogen-bond donors (Lipinski definition) is 1. The van der Waals surface area contributed by atoms with Gasteiger partial charge in [0, 0.05) is 55.4 Å². The van der Waals surface area contributed by atoms with Crippen LogP contribution in [0.15, 0.2) is 0 Å². The zero-order valence-electron chi connectivity index (χ0n) is 23.3. The van der Waals surface area contributed by atoms with E-state index >= 15 is 0 Å². The van der Waals surface area contributed by atoms with Crippen molar-refractivity contribution in [3.8, 4) is 18.1 Å². The van der Waals surface area contributed by atoms with Gasteiger partial charge in [-0.2, -0.15) is 25.5 Å². The Morgan fingerprint density at radius 3 is 2.66 bits per heavy atom. The molecule has 4 saturated heterocycles. The fourth-order valence-corrected chi connectivity index (χ4v) is 9.14. The second-order valence-corrected chi connectivity index (χ2v) is 13.7. The van der Waals surface area contributed by atoms with Gasteiger partial charge in [-0.05, 0) is 63.5 Å². The standard InChI is InChI=1S/C29H36FN9OS/c30-20-12-29(8-3-10-39(29)15-20)18-40-27-35-25(37-9-2-4-19(13-31)6-11-37)34-26(36-27)38-16-28(17-38)7-1-5-22-23(28)21(14-32)24(33)41-22/h19-20H,1-12,15-18,33H2/t19?,20-,29+/m1/s1. The molecule has 0 radical (unpaired) electrons. The van der Waals surface area contributed by atoms with Crippen molar-refractivity contribution >= 4 is 28.2 Å². The molecule has 2 aromatic rings. The topological polar surface area (TPSA) is 131 Å². The summed E-state index contributed by atoms with van der Waals surface area (Å²) in [6.45, 7) is 4.64. The molecule has 216 valence electrons. The lowest BCUT2D eigenvalue weighted by molar-refractivity contribution is 0.107. The summed E-state index contributed by atoms with van der Waals surface area (Å²) >= 11 is 1.56. The Hall–Kier alpha value is -3.22. The van der Waals surface area contributed by atoms with Crippen molar-refractivity contribution in [1.29, 1.82) is 10.5 Å². The van der Waals surface area contributed by atoms with Gasteiger partial charge in [0.25, 0.3) is 0 Å². The Balaban J connectivity index is 1.17. The van der Waals surface area contributed by atoms with E-state index in [0.717, 1.165) is 70.0 Å². The molecule has 41 heavy (non-hydrogen) atoms. The van der Waals surface area contributed by atoms with Crippen molar-refractivity contribution in [2.45, 2.75) is 74.9 Å². The van der Waals surface area contributed by atoms with Gasteiger partial charge in [0.05, 0.1) is 17.2 Å². The maximum Gasteiger partial charge on any atom is 0.323 e. The molecule has 10 nitrogen and oxygen atoms in total. The normalized spacial score (nSPS) is 28.9. The molecular formula is C29H36FN9OS. The van der Waals surface area contributed by atoms with E-state index in [1.807, 2.05) is 0 Å². The van der Waals surface area contributed by atoms with E-state index in [9.17, 15) is 14.9 Å². The smallest absolute Gasteiger partial charge is 0.323 e. The predicted molar refractivity (Wildman–Crippen MR) is 154 cm³/mol. The second-order valence-electron chi connectivity index (χ2n) is 12.6. The van der Waals surface area contributed by atoms with E-state index in [1.54, 1.807) is 11.3 Å². The first-order valence-electron chi connectivity index (χ1n) is 14.9. The molecule has 6 heterocycles. The van der Waals surface area contributed by atoms with Crippen molar-refractivity contribution in [3.63, 3.8) is 0 Å². The molecule has 0 amide bonds. The van der Waals surface area contributed by atoms with Crippen LogP contribution in [0.2, 0.25) is 0 Å². The Kier molecular flexibility index (Phi) is 6.67. The quantitative estimate of drug-likeness (QED) is 0.563. The van der Waals surface area contributed by atoms with Gasteiger partial charge in [-0.3, -0.25) is 4.90 Å². The van der Waals surface area contributed by atoms with Crippen LogP contribution in [0.4, 0.5) is 21.3 Å². The molecule has 0 aromatic carbocycles. The van der Waals surface area contributed by atoms with Crippen molar-refractivity contribution in [3.05, 3.63) is 16.0 Å². The molecule has 12 heteroatoms. The minimum Gasteiger partial charge on any atom is -0.461 e. The van der Waals surface area contributed by atoms with Crippen LogP contribution in [0.25, 0.3) is 0 Å². The summed E-state index contributed by atoms with van der Waals surface area (Å²) in [5.41, 5.74) is 7.61. The SMILES string of the molecule is N#Cc1c(N)sc2c1C1(CCC2)CN(c2nc(OC[C@@]34CCCN3C[C@H](F)C4)nc(N3CCCC(C#N)CC3)n2)C1. The summed E-state index contributed by atoms with van der Waals surface area (Å²) in [5, 5.41) is 20.0. The molecule has 4 fully saturated rings. The molecule has 7 rings (SSSR count). The molecule has 4 aliphatic heterocycles. The number of nitrogen functional groups attached to an aromatic ring is 1. The maximum absolute atomic E-state index is 14.4. The first-order chi connectivity index (χ1) is 19.9. The van der Waals surface area contributed by atoms with E-state index in [2.05, 4.69) is 26.8 Å². The number of aryl methyl sites for hydroxylation is 1. The molecule has 2 aromatic heterocycles. The highest BCUT2D eigenvalue weighted by molar-refractivity contribution is 7.16. The summed E-state index contributed by atoms with van der Waals surface area (Å²) in [5.74, 6) is 1.19. The number of alkyl halides is 1. The number of ether oxygens (including phenoxy) is 1. The van der Waals surface area contributed by atoms with Gasteiger partial charge in [0.15, 0.2) is 0 Å². The molecule has 0 saturated carbocycles. The minimum atomic E-state index is -0.823. The maximum atomic E-state index is 14.4. The average molecular weight is 578 g/mol. The van der Waals surface area contributed by atoms with Crippen molar-refractivity contribution in [2.75, 3.05) is 61.4 Å². The van der Waals surface area contributed by atoms with Crippen LogP contribution in [0, 0.1) is 28.6 Å². The number of thiophene rings is 1. The molecular weight excluding hydrogens is 541 g/mol. The lowest BCUT2D eigenvalue weighted by Gasteiger charge is -2.52. The fourth-order valence-electron chi connectivity index (χ4n) is 7.96. The second kappa shape index (κ2) is 10.2. The minimum absolute atomic E-state index is 0.0450. The number of anilines is 3. The number of nitriles is 2. The lowest BCUT2D eigenvalue weighted by atomic mass is 9.66. The van der Waals surface area contributed by atoms with Crippen LogP contribution >= 0.6 is 11.3 Å². The molecule has 5 aliphatic rings. The zero-order chi connectivity index (χ0) is 28.2. The van der Waals surface area contributed by atoms with E-state index in [-0.39, 0.29) is 22.9 Å². The first kappa shape index (κ1) is 26.7. The predicted octanol–water partition coefficient (Wildman–Crippen LogP) is 3.57. The number of nitrogens with zero attached hydrogens (tertiary/aromatic N) is 8. The van der Waals surface area contributed by atoms with Crippen LogP contribution in [0.3, 0.4) is 0 Å². The van der Waals surface area contributed by atoms with E-state index in [0.29, 0.717) is 61.7 Å². The summed E-state index contributed by atoms with van der Waals surface area (Å²) in [6.07, 6.45) is 7.23. The molecule has 1 unspecified atom stereocenters. The van der Waals surface area contributed by atoms with Crippen LogP contribution in [-0.2, 0) is 11.8 Å². The number of nitrogens with two attached hydrogens (primary N) is 1. The zero-order valence-corrected chi connectivity index (χ0v) is 24.1. The molecule has 2 N–H and O–H groups in total. The van der Waals surface area contributed by atoms with Crippen LogP contribution in [0.1, 0.15) is 67.4 Å². The highest BCUT2D eigenvalue weighted by atomic mass is 32.1. The van der Waals surface area contributed by atoms with E-state index in [1.165, 1.54) is 4.88 Å². The number of aromatic nitrogens is 3. The summed E-state index contributed by atoms with van der Waals surface area (Å²) in [4.78, 5) is 22.2. The van der Waals surface area contributed by atoms with Gasteiger partial charge in [-0.15, -0.1) is 11.3 Å². The first-order valence-corrected chi connectivity index (χ1v) is 15.7. The Bertz CT molecular complexity index is 1410. The van der Waals surface area contributed by atoms with Gasteiger partial charge in [-0.1, -0.05) is 0 Å². The third-order valence-corrected chi connectivity index (χ3v) is 11.1. The molecule has 1 aliphatic carbocycles. The molecule has 0 bridgehead atoms. The van der Waals surface area contributed by atoms with Gasteiger partial charge >= 0.3 is 6.01 Å². The number of rotatable bonds is 5. The summed E-state index contributed by atoms with van der Waals surface area (Å²) in [6, 6.07) is 5.07. The molecule has 1 spiro atoms. The highest BCUT2D eigenvalue weighted by Gasteiger charge is 2.51. The number of halogens is 1. The Morgan fingerprint density at radius 2 is 1.85 bits per heavy atom. The van der Waals surface area contributed by atoms with E-state index < -0.39 is 6.17 Å². The van der Waals surface area contributed by atoms with Gasteiger partial charge in [0.2, 0.25) is 11.9 Å². The Morgan fingerprint density at radius 1 is 1.02 bits per heavy atom. The monoisotopic (exact) mass is 577 g/mol. The van der Waals surface area contributed by atoms with Gasteiger partial charge in [0.1, 0.15) is 23.8 Å². The van der Waals surface area contributed by atoms with Crippen LogP contribution in [0.5, 0.6) is 6.01 Å². The summed E-state index contributed by atoms with van der Waals surface area (Å²) in [7, 11) is 0. The Labute approximate surface area is 243 Å². The molecule has 3 atom stereocenters. The number of hydrogen-bond acceptors (Lipinski definition) is 11. The summed E-state index contributed by atoms with van der Waals surface area (Å²) < 4.78 is 20.7. The number of fused-ring (bicyclic) bond motifs is 3. The lowest BCUT2D eigenvalue weighted by Crippen LogP contribution is -2.61. The van der Waals surface area contributed by atoms with Crippen LogP contribution in [-0.4, -0.2) is 77.4 Å². The van der Waals surface area contributed by atoms with Crippen LogP contribution < -0.4 is 20.3 Å². The van der Waals surface area contributed by atoms with Crippen molar-refractivity contribution < 1.29 is 9.13 Å². The van der Waals surface area contributed by atoms with Gasteiger partial charge in [-0.25, -0.2) is 4.39 Å². The van der Waals surface area contributed by atoms with Crippen molar-refractivity contribution in [1.82, 2.24) is 19.9 Å². The third kappa shape index (κ3) is 4.56. The third-order valence-electron chi connectivity index (χ3n) is 10.00. The fraction of sp³-hybridized carbons (Fsp3) is 0.690. The van der Waals surface area contributed by atoms with E-state index in [4.69, 9.17) is 25.4 Å². The highest BCUT2D eigenvalue weighted by Crippen LogP contribution is 2.50.